The van der Waals surface area contributed by atoms with Gasteiger partial charge in [0, 0.05) is 24.1 Å². The number of nitrogen functional groups attached to an aromatic ring is 1. The average molecular weight is 355 g/mol. The number of hydrogen-bond acceptors (Lipinski definition) is 4. The summed E-state index contributed by atoms with van der Waals surface area (Å²) in [6, 6.07) is 2.88. The molecule has 2 rings (SSSR count). The lowest BCUT2D eigenvalue weighted by Gasteiger charge is -2.31. The predicted octanol–water partition coefficient (Wildman–Crippen LogP) is 3.09. The van der Waals surface area contributed by atoms with E-state index in [-0.39, 0.29) is 20.6 Å². The molecule has 8 heteroatoms. The molecular formula is C12H16Cl2N2O2S2. The first-order valence-electron chi connectivity index (χ1n) is 6.23. The molecule has 2 N–H and O–H groups in total. The summed E-state index contributed by atoms with van der Waals surface area (Å²) in [6.45, 7) is 3.05. The van der Waals surface area contributed by atoms with Crippen molar-refractivity contribution < 1.29 is 8.42 Å². The molecule has 1 aromatic carbocycles. The highest BCUT2D eigenvalue weighted by Crippen LogP contribution is 2.35. The summed E-state index contributed by atoms with van der Waals surface area (Å²) < 4.78 is 26.8. The molecule has 1 saturated heterocycles. The van der Waals surface area contributed by atoms with Gasteiger partial charge in [0.25, 0.3) is 0 Å². The van der Waals surface area contributed by atoms with E-state index in [1.807, 2.05) is 0 Å². The van der Waals surface area contributed by atoms with E-state index < -0.39 is 10.0 Å². The van der Waals surface area contributed by atoms with Crippen molar-refractivity contribution in [2.24, 2.45) is 0 Å². The lowest BCUT2D eigenvalue weighted by molar-refractivity contribution is 0.416. The van der Waals surface area contributed by atoms with Crippen molar-refractivity contribution in [3.8, 4) is 0 Å². The van der Waals surface area contributed by atoms with E-state index in [0.717, 1.165) is 12.2 Å². The zero-order valence-corrected chi connectivity index (χ0v) is 14.1. The number of anilines is 1. The van der Waals surface area contributed by atoms with Gasteiger partial charge in [-0.2, -0.15) is 16.1 Å². The molecule has 1 fully saturated rings. The van der Waals surface area contributed by atoms with Crippen LogP contribution >= 0.6 is 35.0 Å². The van der Waals surface area contributed by atoms with Gasteiger partial charge in [0.1, 0.15) is 4.90 Å². The normalized spacial score (nSPS) is 21.1. The fourth-order valence-electron chi connectivity index (χ4n) is 2.05. The summed E-state index contributed by atoms with van der Waals surface area (Å²) in [4.78, 5) is 0.0304. The number of benzene rings is 1. The van der Waals surface area contributed by atoms with E-state index in [0.29, 0.717) is 18.3 Å². The van der Waals surface area contributed by atoms with Crippen molar-refractivity contribution in [1.82, 2.24) is 4.31 Å². The molecule has 0 radical (unpaired) electrons. The van der Waals surface area contributed by atoms with Gasteiger partial charge in [-0.15, -0.1) is 0 Å². The van der Waals surface area contributed by atoms with Crippen LogP contribution < -0.4 is 5.73 Å². The van der Waals surface area contributed by atoms with E-state index in [1.54, 1.807) is 11.8 Å². The van der Waals surface area contributed by atoms with Gasteiger partial charge >= 0.3 is 0 Å². The summed E-state index contributed by atoms with van der Waals surface area (Å²) in [5.41, 5.74) is 5.82. The van der Waals surface area contributed by atoms with Gasteiger partial charge in [0.15, 0.2) is 0 Å². The van der Waals surface area contributed by atoms with Gasteiger partial charge in [-0.25, -0.2) is 8.42 Å². The zero-order valence-electron chi connectivity index (χ0n) is 11.0. The molecule has 0 aliphatic carbocycles. The first kappa shape index (κ1) is 16.2. The van der Waals surface area contributed by atoms with E-state index >= 15 is 0 Å². The van der Waals surface area contributed by atoms with Gasteiger partial charge in [-0.1, -0.05) is 30.1 Å². The van der Waals surface area contributed by atoms with Gasteiger partial charge in [0.05, 0.1) is 15.7 Å². The fourth-order valence-corrected chi connectivity index (χ4v) is 5.66. The molecule has 112 valence electrons. The number of thioether (sulfide) groups is 1. The Bertz CT molecular complexity index is 608. The molecule has 0 aromatic heterocycles. The third-order valence-corrected chi connectivity index (χ3v) is 7.39. The summed E-state index contributed by atoms with van der Waals surface area (Å²) in [6.07, 6.45) is 0.938. The Balaban J connectivity index is 2.38. The summed E-state index contributed by atoms with van der Waals surface area (Å²) in [5, 5.41) is 0.584. The van der Waals surface area contributed by atoms with E-state index in [9.17, 15) is 8.42 Å². The van der Waals surface area contributed by atoms with Gasteiger partial charge in [-0.05, 0) is 18.6 Å². The number of nitrogens with zero attached hydrogens (tertiary/aromatic N) is 1. The lowest BCUT2D eigenvalue weighted by atomic mass is 10.3. The van der Waals surface area contributed by atoms with Crippen LogP contribution in [0.3, 0.4) is 0 Å². The van der Waals surface area contributed by atoms with E-state index in [2.05, 4.69) is 6.92 Å². The number of sulfonamides is 1. The van der Waals surface area contributed by atoms with Crippen LogP contribution in [-0.4, -0.2) is 36.8 Å². The molecule has 1 aliphatic rings. The first-order valence-corrected chi connectivity index (χ1v) is 9.47. The van der Waals surface area contributed by atoms with Crippen LogP contribution in [0.15, 0.2) is 17.0 Å². The van der Waals surface area contributed by atoms with Crippen molar-refractivity contribution >= 4 is 50.7 Å². The SMILES string of the molecule is CCC1CN(S(=O)(=O)c2ccc(Cl)c(N)c2Cl)CCS1. The van der Waals surface area contributed by atoms with E-state index in [1.165, 1.54) is 16.4 Å². The topological polar surface area (TPSA) is 63.4 Å². The maximum absolute atomic E-state index is 12.7. The summed E-state index contributed by atoms with van der Waals surface area (Å²) >= 11 is 13.7. The minimum Gasteiger partial charge on any atom is -0.396 e. The van der Waals surface area contributed by atoms with Gasteiger partial charge in [-0.3, -0.25) is 0 Å². The first-order chi connectivity index (χ1) is 9.37. The summed E-state index contributed by atoms with van der Waals surface area (Å²) in [7, 11) is -3.63. The summed E-state index contributed by atoms with van der Waals surface area (Å²) in [5.74, 6) is 0.790. The van der Waals surface area contributed by atoms with Crippen molar-refractivity contribution in [3.63, 3.8) is 0 Å². The average Bonchev–Trinajstić information content (AvgIpc) is 2.44. The Kier molecular flexibility index (Phi) is 5.13. The van der Waals surface area contributed by atoms with Crippen LogP contribution in [0.4, 0.5) is 5.69 Å². The Labute approximate surface area is 133 Å². The molecule has 0 bridgehead atoms. The second-order valence-electron chi connectivity index (χ2n) is 4.54. The van der Waals surface area contributed by atoms with Crippen molar-refractivity contribution in [2.45, 2.75) is 23.5 Å². The number of hydrogen-bond donors (Lipinski definition) is 1. The number of rotatable bonds is 3. The maximum Gasteiger partial charge on any atom is 0.244 e. The third kappa shape index (κ3) is 3.04. The molecule has 0 saturated carbocycles. The number of halogens is 2. The van der Waals surface area contributed by atoms with Crippen molar-refractivity contribution in [2.75, 3.05) is 24.6 Å². The van der Waals surface area contributed by atoms with Crippen molar-refractivity contribution in [1.29, 1.82) is 0 Å². The Hall–Kier alpha value is -0.140. The highest BCUT2D eigenvalue weighted by Gasteiger charge is 2.32. The largest absolute Gasteiger partial charge is 0.396 e. The van der Waals surface area contributed by atoms with Gasteiger partial charge in [0.2, 0.25) is 10.0 Å². The third-order valence-electron chi connectivity index (χ3n) is 3.27. The van der Waals surface area contributed by atoms with Crippen LogP contribution in [0.2, 0.25) is 10.0 Å². The quantitative estimate of drug-likeness (QED) is 0.847. The Morgan fingerprint density at radius 2 is 2.15 bits per heavy atom. The van der Waals surface area contributed by atoms with Crippen LogP contribution in [0, 0.1) is 0 Å². The lowest BCUT2D eigenvalue weighted by Crippen LogP contribution is -2.41. The molecule has 0 spiro atoms. The molecule has 0 amide bonds. The highest BCUT2D eigenvalue weighted by molar-refractivity contribution is 8.00. The maximum atomic E-state index is 12.7. The van der Waals surface area contributed by atoms with E-state index in [4.69, 9.17) is 28.9 Å². The minimum absolute atomic E-state index is 0.00350. The fraction of sp³-hybridized carbons (Fsp3) is 0.500. The number of nitrogens with two attached hydrogens (primary N) is 1. The molecular weight excluding hydrogens is 339 g/mol. The second-order valence-corrected chi connectivity index (χ2v) is 8.64. The molecule has 1 atom stereocenters. The molecule has 1 aliphatic heterocycles. The van der Waals surface area contributed by atoms with Crippen LogP contribution in [-0.2, 0) is 10.0 Å². The zero-order chi connectivity index (χ0) is 14.9. The molecule has 1 unspecified atom stereocenters. The molecule has 1 aromatic rings. The van der Waals surface area contributed by atoms with Crippen LogP contribution in [0.5, 0.6) is 0 Å². The monoisotopic (exact) mass is 354 g/mol. The highest BCUT2D eigenvalue weighted by atomic mass is 35.5. The predicted molar refractivity (Wildman–Crippen MR) is 86.2 cm³/mol. The Morgan fingerprint density at radius 3 is 2.80 bits per heavy atom. The molecule has 4 nitrogen and oxygen atoms in total. The Morgan fingerprint density at radius 1 is 1.45 bits per heavy atom. The smallest absolute Gasteiger partial charge is 0.244 e. The minimum atomic E-state index is -3.63. The molecule has 20 heavy (non-hydrogen) atoms. The standard InChI is InChI=1S/C12H16Cl2N2O2S2/c1-2-8-7-16(5-6-19-8)20(17,18)10-4-3-9(13)12(15)11(10)14/h3-4,8H,2,5-7,15H2,1H3. The van der Waals surface area contributed by atoms with Crippen molar-refractivity contribution in [3.05, 3.63) is 22.2 Å². The molecule has 1 heterocycles. The van der Waals surface area contributed by atoms with Gasteiger partial charge < -0.3 is 5.73 Å². The van der Waals surface area contributed by atoms with Crippen LogP contribution in [0.25, 0.3) is 0 Å². The second kappa shape index (κ2) is 6.32. The van der Waals surface area contributed by atoms with Crippen LogP contribution in [0.1, 0.15) is 13.3 Å².